The van der Waals surface area contributed by atoms with Crippen molar-refractivity contribution in [3.8, 4) is 5.75 Å². The molecule has 112 valence electrons. The molecule has 2 aromatic rings. The predicted octanol–water partition coefficient (Wildman–Crippen LogP) is 4.40. The molecule has 0 saturated carbocycles. The fraction of sp³-hybridized carbons (Fsp3) is 0.312. The minimum Gasteiger partial charge on any atom is -0.495 e. The van der Waals surface area contributed by atoms with E-state index in [2.05, 4.69) is 33.2 Å². The maximum absolute atomic E-state index is 6.33. The number of hydrogen-bond acceptors (Lipinski definition) is 3. The number of hydrogen-bond donors (Lipinski definition) is 1. The number of nitrogens with one attached hydrogen (secondary N) is 1. The lowest BCUT2D eigenvalue weighted by Crippen LogP contribution is -2.23. The Morgan fingerprint density at radius 3 is 2.86 bits per heavy atom. The largest absolute Gasteiger partial charge is 0.495 e. The highest BCUT2D eigenvalue weighted by molar-refractivity contribution is 9.10. The van der Waals surface area contributed by atoms with Crippen molar-refractivity contribution in [3.63, 3.8) is 0 Å². The molecule has 1 heterocycles. The molecular formula is C16H18BrClN2O. The summed E-state index contributed by atoms with van der Waals surface area (Å²) in [5.41, 5.74) is 2.19. The molecule has 21 heavy (non-hydrogen) atoms. The van der Waals surface area contributed by atoms with E-state index in [4.69, 9.17) is 16.3 Å². The van der Waals surface area contributed by atoms with Crippen LogP contribution >= 0.6 is 27.5 Å². The molecule has 0 amide bonds. The van der Waals surface area contributed by atoms with Crippen LogP contribution in [0.5, 0.6) is 5.75 Å². The average Bonchev–Trinajstić information content (AvgIpc) is 2.49. The second-order valence-corrected chi connectivity index (χ2v) is 5.99. The maximum Gasteiger partial charge on any atom is 0.141 e. The number of methoxy groups -OCH3 is 1. The second-order valence-electron chi connectivity index (χ2n) is 4.67. The lowest BCUT2D eigenvalue weighted by Gasteiger charge is -2.21. The van der Waals surface area contributed by atoms with Crippen LogP contribution in [0, 0.1) is 0 Å². The van der Waals surface area contributed by atoms with Crippen LogP contribution in [0.1, 0.15) is 24.1 Å². The number of aromatic nitrogens is 1. The first-order chi connectivity index (χ1) is 10.2. The van der Waals surface area contributed by atoms with Crippen LogP contribution in [-0.4, -0.2) is 18.6 Å². The van der Waals surface area contributed by atoms with E-state index in [9.17, 15) is 0 Å². The number of pyridine rings is 1. The SMILES string of the molecule is CCNC(Cc1ccc(Br)cc1Cl)c1ccncc1OC. The molecule has 0 spiro atoms. The smallest absolute Gasteiger partial charge is 0.141 e. The van der Waals surface area contributed by atoms with E-state index >= 15 is 0 Å². The zero-order valence-electron chi connectivity index (χ0n) is 12.1. The summed E-state index contributed by atoms with van der Waals surface area (Å²) >= 11 is 9.77. The monoisotopic (exact) mass is 368 g/mol. The van der Waals surface area contributed by atoms with Gasteiger partial charge in [0, 0.05) is 27.3 Å². The van der Waals surface area contributed by atoms with E-state index in [0.717, 1.165) is 39.3 Å². The highest BCUT2D eigenvalue weighted by Crippen LogP contribution is 2.30. The lowest BCUT2D eigenvalue weighted by atomic mass is 9.99. The van der Waals surface area contributed by atoms with E-state index in [1.165, 1.54) is 0 Å². The highest BCUT2D eigenvalue weighted by atomic mass is 79.9. The zero-order chi connectivity index (χ0) is 15.2. The van der Waals surface area contributed by atoms with Gasteiger partial charge in [0.25, 0.3) is 0 Å². The molecule has 1 atom stereocenters. The zero-order valence-corrected chi connectivity index (χ0v) is 14.4. The van der Waals surface area contributed by atoms with Crippen LogP contribution in [0.15, 0.2) is 41.1 Å². The molecule has 5 heteroatoms. The van der Waals surface area contributed by atoms with Crippen LogP contribution in [0.3, 0.4) is 0 Å². The molecule has 0 bridgehead atoms. The van der Waals surface area contributed by atoms with Gasteiger partial charge in [0.1, 0.15) is 5.75 Å². The van der Waals surface area contributed by atoms with E-state index in [1.54, 1.807) is 19.5 Å². The first-order valence-electron chi connectivity index (χ1n) is 6.81. The van der Waals surface area contributed by atoms with Gasteiger partial charge in [-0.15, -0.1) is 0 Å². The molecule has 1 N–H and O–H groups in total. The third-order valence-corrected chi connectivity index (χ3v) is 4.15. The summed E-state index contributed by atoms with van der Waals surface area (Å²) in [4.78, 5) is 4.11. The number of benzene rings is 1. The highest BCUT2D eigenvalue weighted by Gasteiger charge is 2.17. The van der Waals surface area contributed by atoms with Crippen LogP contribution in [0.25, 0.3) is 0 Å². The van der Waals surface area contributed by atoms with Gasteiger partial charge in [-0.25, -0.2) is 0 Å². The normalized spacial score (nSPS) is 12.2. The average molecular weight is 370 g/mol. The molecule has 0 saturated heterocycles. The first kappa shape index (κ1) is 16.3. The van der Waals surface area contributed by atoms with Crippen LogP contribution < -0.4 is 10.1 Å². The third-order valence-electron chi connectivity index (χ3n) is 3.30. The van der Waals surface area contributed by atoms with Crippen LogP contribution in [0.2, 0.25) is 5.02 Å². The molecule has 1 unspecified atom stereocenters. The van der Waals surface area contributed by atoms with Crippen molar-refractivity contribution in [2.24, 2.45) is 0 Å². The Balaban J connectivity index is 2.30. The lowest BCUT2D eigenvalue weighted by molar-refractivity contribution is 0.397. The minimum absolute atomic E-state index is 0.131. The molecule has 0 aliphatic heterocycles. The number of nitrogens with zero attached hydrogens (tertiary/aromatic N) is 1. The van der Waals surface area contributed by atoms with Gasteiger partial charge >= 0.3 is 0 Å². The standard InChI is InChI=1S/C16H18BrClN2O/c1-3-20-15(13-6-7-19-10-16(13)21-2)8-11-4-5-12(17)9-14(11)18/h4-7,9-10,15,20H,3,8H2,1-2H3. The Labute approximate surface area is 138 Å². The number of likely N-dealkylation sites (N-methyl/N-ethyl adjacent to an activating group) is 1. The first-order valence-corrected chi connectivity index (χ1v) is 7.98. The molecule has 0 aliphatic carbocycles. The van der Waals surface area contributed by atoms with E-state index in [0.29, 0.717) is 0 Å². The van der Waals surface area contributed by atoms with Gasteiger partial charge in [0.2, 0.25) is 0 Å². The summed E-state index contributed by atoms with van der Waals surface area (Å²) in [6.45, 7) is 2.95. The Morgan fingerprint density at radius 1 is 1.38 bits per heavy atom. The van der Waals surface area contributed by atoms with Crippen molar-refractivity contribution < 1.29 is 4.74 Å². The molecule has 1 aromatic carbocycles. The van der Waals surface area contributed by atoms with E-state index in [-0.39, 0.29) is 6.04 Å². The Hall–Kier alpha value is -1.10. The molecule has 0 aliphatic rings. The predicted molar refractivity (Wildman–Crippen MR) is 90.1 cm³/mol. The number of halogens is 2. The van der Waals surface area contributed by atoms with Crippen molar-refractivity contribution in [2.45, 2.75) is 19.4 Å². The van der Waals surface area contributed by atoms with Crippen molar-refractivity contribution in [3.05, 3.63) is 57.3 Å². The van der Waals surface area contributed by atoms with Gasteiger partial charge in [-0.3, -0.25) is 4.98 Å². The van der Waals surface area contributed by atoms with E-state index in [1.807, 2.05) is 24.3 Å². The Kier molecular flexibility index (Phi) is 6.03. The maximum atomic E-state index is 6.33. The minimum atomic E-state index is 0.131. The summed E-state index contributed by atoms with van der Waals surface area (Å²) < 4.78 is 6.40. The fourth-order valence-corrected chi connectivity index (χ4v) is 3.05. The molecule has 0 radical (unpaired) electrons. The summed E-state index contributed by atoms with van der Waals surface area (Å²) in [5, 5.41) is 4.25. The Bertz CT molecular complexity index is 607. The fourth-order valence-electron chi connectivity index (χ4n) is 2.29. The van der Waals surface area contributed by atoms with Gasteiger partial charge in [-0.05, 0) is 36.7 Å². The molecule has 3 nitrogen and oxygen atoms in total. The summed E-state index contributed by atoms with van der Waals surface area (Å²) in [5.74, 6) is 0.789. The number of ether oxygens (including phenoxy) is 1. The Morgan fingerprint density at radius 2 is 2.19 bits per heavy atom. The van der Waals surface area contributed by atoms with Gasteiger partial charge in [-0.1, -0.05) is 40.5 Å². The topological polar surface area (TPSA) is 34.2 Å². The third kappa shape index (κ3) is 4.19. The van der Waals surface area contributed by atoms with Crippen LogP contribution in [0.4, 0.5) is 0 Å². The molecule has 1 aromatic heterocycles. The van der Waals surface area contributed by atoms with Gasteiger partial charge in [-0.2, -0.15) is 0 Å². The summed E-state index contributed by atoms with van der Waals surface area (Å²) in [6, 6.07) is 8.09. The van der Waals surface area contributed by atoms with Crippen molar-refractivity contribution in [2.75, 3.05) is 13.7 Å². The summed E-state index contributed by atoms with van der Waals surface area (Å²) in [6.07, 6.45) is 4.31. The van der Waals surface area contributed by atoms with Crippen molar-refractivity contribution in [1.29, 1.82) is 0 Å². The number of rotatable bonds is 6. The summed E-state index contributed by atoms with van der Waals surface area (Å²) in [7, 11) is 1.66. The molecule has 0 fully saturated rings. The van der Waals surface area contributed by atoms with E-state index < -0.39 is 0 Å². The van der Waals surface area contributed by atoms with Gasteiger partial charge < -0.3 is 10.1 Å². The van der Waals surface area contributed by atoms with Gasteiger partial charge in [0.05, 0.1) is 13.3 Å². The van der Waals surface area contributed by atoms with Gasteiger partial charge in [0.15, 0.2) is 0 Å². The second kappa shape index (κ2) is 7.78. The van der Waals surface area contributed by atoms with Crippen LogP contribution in [-0.2, 0) is 6.42 Å². The van der Waals surface area contributed by atoms with Crippen molar-refractivity contribution in [1.82, 2.24) is 10.3 Å². The molecular weight excluding hydrogens is 352 g/mol. The quantitative estimate of drug-likeness (QED) is 0.819. The molecule has 2 rings (SSSR count). The van der Waals surface area contributed by atoms with Crippen molar-refractivity contribution >= 4 is 27.5 Å².